The molecule has 43 heavy (non-hydrogen) atoms. The van der Waals surface area contributed by atoms with Crippen molar-refractivity contribution in [1.29, 1.82) is 0 Å². The predicted octanol–water partition coefficient (Wildman–Crippen LogP) is 6.70. The van der Waals surface area contributed by atoms with Crippen molar-refractivity contribution >= 4 is 5.78 Å². The van der Waals surface area contributed by atoms with Crippen LogP contribution in [0, 0.1) is 0 Å². The number of carbonyl (C=O) groups excluding carboxylic acids is 1. The summed E-state index contributed by atoms with van der Waals surface area (Å²) in [6.45, 7) is 1.58. The smallest absolute Gasteiger partial charge is 0.191 e. The van der Waals surface area contributed by atoms with Crippen LogP contribution < -0.4 is 0 Å². The van der Waals surface area contributed by atoms with Crippen LogP contribution >= 0.6 is 0 Å². The van der Waals surface area contributed by atoms with Gasteiger partial charge in [0.1, 0.15) is 18.3 Å². The van der Waals surface area contributed by atoms with Crippen LogP contribution in [0.1, 0.15) is 45.5 Å². The van der Waals surface area contributed by atoms with Crippen LogP contribution in [0.5, 0.6) is 0 Å². The Hall–Kier alpha value is -3.65. The number of hydrogen-bond acceptors (Lipinski definition) is 6. The highest BCUT2D eigenvalue weighted by Crippen LogP contribution is 2.31. The molecule has 0 aromatic heterocycles. The number of benzene rings is 4. The largest absolute Gasteiger partial charge is 0.374 e. The summed E-state index contributed by atoms with van der Waals surface area (Å²) in [7, 11) is 0. The molecule has 4 aromatic rings. The number of rotatable bonds is 12. The zero-order valence-electron chi connectivity index (χ0n) is 24.3. The number of aryl methyl sites for hydroxylation is 1. The molecule has 0 radical (unpaired) electrons. The van der Waals surface area contributed by atoms with E-state index in [4.69, 9.17) is 23.7 Å². The molecule has 2 aliphatic rings. The van der Waals surface area contributed by atoms with Crippen molar-refractivity contribution in [3.63, 3.8) is 0 Å². The Morgan fingerprint density at radius 2 is 1.26 bits per heavy atom. The van der Waals surface area contributed by atoms with E-state index in [9.17, 15) is 4.79 Å². The average Bonchev–Trinajstić information content (AvgIpc) is 3.06. The van der Waals surface area contributed by atoms with Crippen LogP contribution in [0.25, 0.3) is 0 Å². The quantitative estimate of drug-likeness (QED) is 0.186. The SMILES string of the molecule is O=C1c2ccccc2CCC1O[C@H]1C[C@@H](OCc2ccccc2)[C@H](OCc2ccccc2)[C@@H](COCc2ccccc2)O1. The number of Topliss-reactive ketones (excluding diaryl/α,β-unsaturated/α-hetero) is 1. The first-order valence-electron chi connectivity index (χ1n) is 15.1. The molecule has 0 saturated carbocycles. The highest BCUT2D eigenvalue weighted by molar-refractivity contribution is 6.01. The lowest BCUT2D eigenvalue weighted by atomic mass is 9.88. The summed E-state index contributed by atoms with van der Waals surface area (Å²) in [5, 5.41) is 0. The van der Waals surface area contributed by atoms with Crippen LogP contribution in [0.2, 0.25) is 0 Å². The van der Waals surface area contributed by atoms with Gasteiger partial charge in [-0.3, -0.25) is 4.79 Å². The number of carbonyl (C=O) groups is 1. The highest BCUT2D eigenvalue weighted by Gasteiger charge is 2.43. The lowest BCUT2D eigenvalue weighted by molar-refractivity contribution is -0.284. The average molecular weight is 579 g/mol. The molecule has 6 nitrogen and oxygen atoms in total. The van der Waals surface area contributed by atoms with Gasteiger partial charge in [0.25, 0.3) is 0 Å². The van der Waals surface area contributed by atoms with Gasteiger partial charge in [0, 0.05) is 12.0 Å². The van der Waals surface area contributed by atoms with E-state index in [2.05, 4.69) is 0 Å². The van der Waals surface area contributed by atoms with E-state index in [1.165, 1.54) is 0 Å². The summed E-state index contributed by atoms with van der Waals surface area (Å²) in [4.78, 5) is 13.4. The van der Waals surface area contributed by atoms with Gasteiger partial charge in [0.15, 0.2) is 12.1 Å². The second-order valence-electron chi connectivity index (χ2n) is 11.1. The lowest BCUT2D eigenvalue weighted by Gasteiger charge is -2.42. The molecule has 6 heteroatoms. The van der Waals surface area contributed by atoms with E-state index in [0.717, 1.165) is 34.2 Å². The van der Waals surface area contributed by atoms with Gasteiger partial charge in [0.05, 0.1) is 32.5 Å². The van der Waals surface area contributed by atoms with Crippen LogP contribution in [-0.4, -0.2) is 43.1 Å². The van der Waals surface area contributed by atoms with Crippen molar-refractivity contribution in [3.8, 4) is 0 Å². The third-order valence-electron chi connectivity index (χ3n) is 8.04. The number of hydrogen-bond donors (Lipinski definition) is 0. The Morgan fingerprint density at radius 3 is 1.93 bits per heavy atom. The van der Waals surface area contributed by atoms with Gasteiger partial charge in [-0.05, 0) is 35.1 Å². The minimum absolute atomic E-state index is 0.00605. The molecule has 1 fully saturated rings. The second-order valence-corrected chi connectivity index (χ2v) is 11.1. The van der Waals surface area contributed by atoms with E-state index in [-0.39, 0.29) is 11.9 Å². The minimum atomic E-state index is -0.637. The third-order valence-corrected chi connectivity index (χ3v) is 8.04. The zero-order valence-corrected chi connectivity index (χ0v) is 24.3. The Morgan fingerprint density at radius 1 is 0.674 bits per heavy atom. The molecule has 222 valence electrons. The van der Waals surface area contributed by atoms with Crippen molar-refractivity contribution in [2.75, 3.05) is 6.61 Å². The Kier molecular flexibility index (Phi) is 10.1. The molecule has 1 saturated heterocycles. The van der Waals surface area contributed by atoms with Gasteiger partial charge >= 0.3 is 0 Å². The van der Waals surface area contributed by atoms with Crippen molar-refractivity contribution in [2.45, 2.75) is 69.8 Å². The normalized spacial score (nSPS) is 23.5. The van der Waals surface area contributed by atoms with E-state index in [1.807, 2.05) is 115 Å². The Bertz CT molecular complexity index is 1430. The number of ether oxygens (including phenoxy) is 5. The first-order chi connectivity index (χ1) is 21.2. The summed E-state index contributed by atoms with van der Waals surface area (Å²) in [5.74, 6) is 0.00605. The molecule has 6 rings (SSSR count). The molecule has 1 aliphatic carbocycles. The highest BCUT2D eigenvalue weighted by atomic mass is 16.7. The molecule has 0 N–H and O–H groups in total. The van der Waals surface area contributed by atoms with Gasteiger partial charge in [-0.25, -0.2) is 0 Å². The summed E-state index contributed by atoms with van der Waals surface area (Å²) in [5.41, 5.74) is 5.03. The summed E-state index contributed by atoms with van der Waals surface area (Å²) >= 11 is 0. The molecule has 1 unspecified atom stereocenters. The molecule has 5 atom stereocenters. The molecule has 1 aliphatic heterocycles. The number of ketones is 1. The fraction of sp³-hybridized carbons (Fsp3) is 0.324. The molecule has 0 spiro atoms. The van der Waals surface area contributed by atoms with Gasteiger partial charge in [0.2, 0.25) is 0 Å². The van der Waals surface area contributed by atoms with Crippen molar-refractivity contribution in [3.05, 3.63) is 143 Å². The maximum atomic E-state index is 13.4. The molecule has 0 bridgehead atoms. The molecule has 1 heterocycles. The second kappa shape index (κ2) is 14.7. The monoisotopic (exact) mass is 578 g/mol. The zero-order chi connectivity index (χ0) is 29.3. The van der Waals surface area contributed by atoms with E-state index < -0.39 is 24.6 Å². The number of fused-ring (bicyclic) bond motifs is 1. The molecule has 4 aromatic carbocycles. The first kappa shape index (κ1) is 29.4. The molecular formula is C37H38O6. The predicted molar refractivity (Wildman–Crippen MR) is 163 cm³/mol. The van der Waals surface area contributed by atoms with Crippen molar-refractivity contribution in [1.82, 2.24) is 0 Å². The van der Waals surface area contributed by atoms with Crippen LogP contribution in [0.3, 0.4) is 0 Å². The molecular weight excluding hydrogens is 540 g/mol. The van der Waals surface area contributed by atoms with Gasteiger partial charge < -0.3 is 23.7 Å². The fourth-order valence-electron chi connectivity index (χ4n) is 5.78. The van der Waals surface area contributed by atoms with Crippen molar-refractivity contribution < 1.29 is 28.5 Å². The van der Waals surface area contributed by atoms with Gasteiger partial charge in [-0.15, -0.1) is 0 Å². The Balaban J connectivity index is 1.20. The summed E-state index contributed by atoms with van der Waals surface area (Å²) in [6, 6.07) is 38.0. The maximum Gasteiger partial charge on any atom is 0.191 e. The minimum Gasteiger partial charge on any atom is -0.374 e. The van der Waals surface area contributed by atoms with Crippen LogP contribution in [-0.2, 0) is 49.9 Å². The van der Waals surface area contributed by atoms with Gasteiger partial charge in [-0.2, -0.15) is 0 Å². The maximum absolute atomic E-state index is 13.4. The summed E-state index contributed by atoms with van der Waals surface area (Å²) in [6.07, 6.45) is -0.551. The fourth-order valence-corrected chi connectivity index (χ4v) is 5.78. The van der Waals surface area contributed by atoms with E-state index >= 15 is 0 Å². The Labute approximate surface area is 253 Å². The standard InChI is InChI=1S/C37H38O6/c38-36-31-19-11-10-18-30(31)20-21-32(36)42-35-22-33(40-24-28-14-6-2-7-15-28)37(41-25-29-16-8-3-9-17-29)34(43-35)26-39-23-27-12-4-1-5-13-27/h1-19,32-35,37H,20-26H2/t32?,33-,34-,35-,37+/m1/s1. The summed E-state index contributed by atoms with van der Waals surface area (Å²) < 4.78 is 32.2. The first-order valence-corrected chi connectivity index (χ1v) is 15.1. The topological polar surface area (TPSA) is 63.2 Å². The third kappa shape index (κ3) is 7.85. The van der Waals surface area contributed by atoms with Crippen LogP contribution in [0.4, 0.5) is 0 Å². The van der Waals surface area contributed by atoms with Crippen molar-refractivity contribution in [2.24, 2.45) is 0 Å². The van der Waals surface area contributed by atoms with Gasteiger partial charge in [-0.1, -0.05) is 115 Å². The van der Waals surface area contributed by atoms with Crippen LogP contribution in [0.15, 0.2) is 115 Å². The lowest BCUT2D eigenvalue weighted by Crippen LogP contribution is -2.54. The molecule has 0 amide bonds. The van der Waals surface area contributed by atoms with E-state index in [0.29, 0.717) is 39.3 Å². The van der Waals surface area contributed by atoms with E-state index in [1.54, 1.807) is 0 Å².